The van der Waals surface area contributed by atoms with E-state index in [1.165, 1.54) is 31.3 Å². The van der Waals surface area contributed by atoms with Crippen molar-refractivity contribution in [3.8, 4) is 0 Å². The van der Waals surface area contributed by atoms with Gasteiger partial charge < -0.3 is 19.7 Å². The van der Waals surface area contributed by atoms with E-state index in [0.29, 0.717) is 26.6 Å². The molecule has 0 radical (unpaired) electrons. The lowest BCUT2D eigenvalue weighted by Crippen LogP contribution is -2.34. The highest BCUT2D eigenvalue weighted by atomic mass is 32.2. The monoisotopic (exact) mass is 482 g/mol. The van der Waals surface area contributed by atoms with E-state index in [2.05, 4.69) is 5.32 Å². The molecular formula is C25H23FN2O5S. The average Bonchev–Trinajstić information content (AvgIpc) is 2.95. The largest absolute Gasteiger partial charge is 0.354 e. The van der Waals surface area contributed by atoms with Crippen molar-refractivity contribution in [2.45, 2.75) is 22.6 Å². The zero-order chi connectivity index (χ0) is 24.2. The van der Waals surface area contributed by atoms with Crippen molar-refractivity contribution in [2.24, 2.45) is 0 Å². The Kier molecular flexibility index (Phi) is 7.16. The van der Waals surface area contributed by atoms with E-state index >= 15 is 0 Å². The second-order valence-electron chi connectivity index (χ2n) is 7.58. The quantitative estimate of drug-likeness (QED) is 0.521. The number of ether oxygens (including phenoxy) is 2. The minimum Gasteiger partial charge on any atom is -0.354 e. The van der Waals surface area contributed by atoms with E-state index in [4.69, 9.17) is 9.47 Å². The molecule has 7 nitrogen and oxygen atoms in total. The molecule has 1 N–H and O–H groups in total. The molecule has 0 spiro atoms. The molecule has 1 unspecified atom stereocenters. The highest BCUT2D eigenvalue weighted by molar-refractivity contribution is 7.85. The molecule has 0 aliphatic carbocycles. The van der Waals surface area contributed by atoms with Gasteiger partial charge in [-0.3, -0.25) is 9.59 Å². The lowest BCUT2D eigenvalue weighted by atomic mass is 10.1. The number of carbonyl (C=O) groups is 2. The highest BCUT2D eigenvalue weighted by Gasteiger charge is 2.31. The molecule has 9 heteroatoms. The summed E-state index contributed by atoms with van der Waals surface area (Å²) >= 11 is 0. The minimum absolute atomic E-state index is 0.109. The molecule has 0 saturated heterocycles. The van der Waals surface area contributed by atoms with Crippen LogP contribution in [0.1, 0.15) is 26.3 Å². The van der Waals surface area contributed by atoms with Crippen molar-refractivity contribution >= 4 is 28.3 Å². The second kappa shape index (κ2) is 10.3. The Labute approximate surface area is 198 Å². The van der Waals surface area contributed by atoms with Gasteiger partial charge in [0, 0.05) is 19.8 Å². The summed E-state index contributed by atoms with van der Waals surface area (Å²) in [7, 11) is 1.29. The number of anilines is 1. The topological polar surface area (TPSA) is 84.9 Å². The van der Waals surface area contributed by atoms with Gasteiger partial charge in [-0.25, -0.2) is 8.60 Å². The number of benzene rings is 3. The lowest BCUT2D eigenvalue weighted by molar-refractivity contribution is -0.0974. The van der Waals surface area contributed by atoms with Crippen molar-refractivity contribution < 1.29 is 27.7 Å². The molecule has 4 rings (SSSR count). The van der Waals surface area contributed by atoms with E-state index < -0.39 is 23.0 Å². The van der Waals surface area contributed by atoms with E-state index in [-0.39, 0.29) is 30.4 Å². The molecule has 1 aliphatic heterocycles. The predicted molar refractivity (Wildman–Crippen MR) is 125 cm³/mol. The first-order valence-corrected chi connectivity index (χ1v) is 11.6. The van der Waals surface area contributed by atoms with Crippen molar-refractivity contribution in [2.75, 3.05) is 25.7 Å². The molecule has 176 valence electrons. The van der Waals surface area contributed by atoms with Gasteiger partial charge in [0.15, 0.2) is 6.29 Å². The number of hydrogen-bond donors (Lipinski definition) is 1. The van der Waals surface area contributed by atoms with Crippen LogP contribution in [0.3, 0.4) is 0 Å². The fourth-order valence-corrected chi connectivity index (χ4v) is 5.02. The van der Waals surface area contributed by atoms with Gasteiger partial charge in [-0.1, -0.05) is 24.3 Å². The fraction of sp³-hybridized carbons (Fsp3) is 0.200. The minimum atomic E-state index is -1.64. The number of fused-ring (bicyclic) bond motifs is 2. The van der Waals surface area contributed by atoms with E-state index in [0.717, 1.165) is 0 Å². The molecule has 34 heavy (non-hydrogen) atoms. The Morgan fingerprint density at radius 2 is 1.74 bits per heavy atom. The van der Waals surface area contributed by atoms with Crippen molar-refractivity contribution in [1.29, 1.82) is 0 Å². The normalized spacial score (nSPS) is 15.0. The zero-order valence-electron chi connectivity index (χ0n) is 18.6. The summed E-state index contributed by atoms with van der Waals surface area (Å²) in [6, 6.07) is 17.2. The number of nitrogens with zero attached hydrogens (tertiary/aromatic N) is 1. The van der Waals surface area contributed by atoms with Gasteiger partial charge in [0.2, 0.25) is 0 Å². The van der Waals surface area contributed by atoms with Gasteiger partial charge in [0.25, 0.3) is 11.8 Å². The van der Waals surface area contributed by atoms with Crippen molar-refractivity contribution in [1.82, 2.24) is 5.32 Å². The van der Waals surface area contributed by atoms with Gasteiger partial charge in [-0.15, -0.1) is 0 Å². The number of methoxy groups -OCH3 is 2. The van der Waals surface area contributed by atoms with E-state index in [1.807, 2.05) is 0 Å². The van der Waals surface area contributed by atoms with Gasteiger partial charge >= 0.3 is 0 Å². The van der Waals surface area contributed by atoms with Crippen LogP contribution in [-0.4, -0.2) is 43.1 Å². The van der Waals surface area contributed by atoms with Crippen LogP contribution in [0, 0.1) is 5.82 Å². The summed E-state index contributed by atoms with van der Waals surface area (Å²) in [4.78, 5) is 28.6. The Morgan fingerprint density at radius 3 is 2.44 bits per heavy atom. The third-order valence-corrected chi connectivity index (χ3v) is 6.98. The standard InChI is InChI=1S/C25H23FN2O5S/c1-32-23(33-2)14-27-24(29)17-9-12-22-20(13-17)28(15-16-7-10-18(26)11-8-16)25(30)19-5-3-4-6-21(19)34(22)31/h3-13,23H,14-15H2,1-2H3,(H,27,29). The average molecular weight is 483 g/mol. The predicted octanol–water partition coefficient (Wildman–Crippen LogP) is 3.50. The molecule has 1 atom stereocenters. The Balaban J connectivity index is 1.76. The molecular weight excluding hydrogens is 459 g/mol. The van der Waals surface area contributed by atoms with Crippen molar-refractivity contribution in [3.05, 3.63) is 89.2 Å². The summed E-state index contributed by atoms with van der Waals surface area (Å²) in [5.74, 6) is -1.14. The summed E-state index contributed by atoms with van der Waals surface area (Å²) in [6.07, 6.45) is -0.608. The summed E-state index contributed by atoms with van der Waals surface area (Å²) in [5.41, 5.74) is 1.63. The van der Waals surface area contributed by atoms with Crippen LogP contribution in [-0.2, 0) is 26.8 Å². The second-order valence-corrected chi connectivity index (χ2v) is 8.99. The molecule has 0 bridgehead atoms. The third-order valence-electron chi connectivity index (χ3n) is 5.48. The Morgan fingerprint density at radius 1 is 1.03 bits per heavy atom. The zero-order valence-corrected chi connectivity index (χ0v) is 19.4. The SMILES string of the molecule is COC(CNC(=O)c1ccc2c(c1)N(Cc1ccc(F)cc1)C(=O)c1ccccc1S2=O)OC. The number of carbonyl (C=O) groups excluding carboxylic acids is 2. The van der Waals surface area contributed by atoms with Crippen LogP contribution in [0.5, 0.6) is 0 Å². The van der Waals surface area contributed by atoms with E-state index in [9.17, 15) is 18.2 Å². The van der Waals surface area contributed by atoms with Crippen LogP contribution >= 0.6 is 0 Å². The Bertz CT molecular complexity index is 1240. The van der Waals surface area contributed by atoms with Crippen LogP contribution < -0.4 is 10.2 Å². The first-order valence-electron chi connectivity index (χ1n) is 10.5. The number of amides is 2. The first kappa shape index (κ1) is 23.7. The van der Waals surface area contributed by atoms with Gasteiger partial charge in [0.1, 0.15) is 5.82 Å². The maximum atomic E-state index is 13.6. The molecule has 1 heterocycles. The smallest absolute Gasteiger partial charge is 0.259 e. The number of nitrogens with one attached hydrogen (secondary N) is 1. The summed E-state index contributed by atoms with van der Waals surface area (Å²) in [5, 5.41) is 2.72. The number of hydrogen-bond acceptors (Lipinski definition) is 5. The third kappa shape index (κ3) is 4.77. The van der Waals surface area contributed by atoms with E-state index in [1.54, 1.807) is 54.6 Å². The first-order chi connectivity index (χ1) is 16.4. The molecule has 3 aromatic rings. The molecule has 0 fully saturated rings. The molecule has 2 amide bonds. The van der Waals surface area contributed by atoms with Gasteiger partial charge in [0.05, 0.1) is 44.9 Å². The summed E-state index contributed by atoms with van der Waals surface area (Å²) < 4.78 is 37.1. The highest BCUT2D eigenvalue weighted by Crippen LogP contribution is 2.36. The Hall–Kier alpha value is -3.40. The van der Waals surface area contributed by atoms with Crippen molar-refractivity contribution in [3.63, 3.8) is 0 Å². The van der Waals surface area contributed by atoms with Crippen LogP contribution in [0.25, 0.3) is 0 Å². The number of rotatable bonds is 7. The maximum absolute atomic E-state index is 13.6. The maximum Gasteiger partial charge on any atom is 0.259 e. The lowest BCUT2D eigenvalue weighted by Gasteiger charge is -2.24. The summed E-state index contributed by atoms with van der Waals surface area (Å²) in [6.45, 7) is 0.233. The van der Waals surface area contributed by atoms with Gasteiger partial charge in [-0.05, 0) is 48.0 Å². The van der Waals surface area contributed by atoms with Gasteiger partial charge in [-0.2, -0.15) is 0 Å². The molecule has 3 aromatic carbocycles. The van der Waals surface area contributed by atoms with Crippen LogP contribution in [0.2, 0.25) is 0 Å². The molecule has 0 aromatic heterocycles. The molecule has 1 aliphatic rings. The fourth-order valence-electron chi connectivity index (χ4n) is 3.67. The van der Waals surface area contributed by atoms with Crippen LogP contribution in [0.15, 0.2) is 76.5 Å². The van der Waals surface area contributed by atoms with Crippen LogP contribution in [0.4, 0.5) is 10.1 Å². The molecule has 0 saturated carbocycles. The number of halogens is 1.